The van der Waals surface area contributed by atoms with Crippen LogP contribution in [-0.2, 0) is 6.54 Å². The predicted molar refractivity (Wildman–Crippen MR) is 84.3 cm³/mol. The van der Waals surface area contributed by atoms with Crippen molar-refractivity contribution in [3.63, 3.8) is 0 Å². The topological polar surface area (TPSA) is 43.8 Å². The molecule has 0 saturated carbocycles. The third-order valence-electron chi connectivity index (χ3n) is 2.82. The largest absolute Gasteiger partial charge is 0.322 e. The third kappa shape index (κ3) is 3.84. The van der Waals surface area contributed by atoms with Gasteiger partial charge in [-0.1, -0.05) is 19.1 Å². The number of aryl methyl sites for hydroxylation is 1. The Hall–Kier alpha value is -0.780. The Morgan fingerprint density at radius 3 is 2.89 bits per heavy atom. The number of hydrogen-bond donors (Lipinski definition) is 1. The van der Waals surface area contributed by atoms with Crippen LogP contribution in [0.25, 0.3) is 0 Å². The van der Waals surface area contributed by atoms with Crippen LogP contribution in [0.3, 0.4) is 0 Å². The molecular formula is C14H18BrN3S. The van der Waals surface area contributed by atoms with E-state index in [2.05, 4.69) is 40.1 Å². The number of benzene rings is 1. The summed E-state index contributed by atoms with van der Waals surface area (Å²) in [7, 11) is 0. The Labute approximate surface area is 126 Å². The highest BCUT2D eigenvalue weighted by atomic mass is 79.9. The zero-order valence-electron chi connectivity index (χ0n) is 10.9. The van der Waals surface area contributed by atoms with E-state index < -0.39 is 0 Å². The van der Waals surface area contributed by atoms with Gasteiger partial charge in [0.25, 0.3) is 0 Å². The number of aromatic nitrogens is 2. The normalized spacial score (nSPS) is 12.6. The van der Waals surface area contributed by atoms with Crippen molar-refractivity contribution < 1.29 is 0 Å². The summed E-state index contributed by atoms with van der Waals surface area (Å²) in [6.45, 7) is 3.07. The van der Waals surface area contributed by atoms with E-state index in [-0.39, 0.29) is 6.04 Å². The van der Waals surface area contributed by atoms with E-state index >= 15 is 0 Å². The molecule has 0 aliphatic heterocycles. The van der Waals surface area contributed by atoms with Crippen molar-refractivity contribution in [3.8, 4) is 0 Å². The van der Waals surface area contributed by atoms with E-state index in [1.807, 2.05) is 29.1 Å². The maximum absolute atomic E-state index is 6.27. The summed E-state index contributed by atoms with van der Waals surface area (Å²) in [6.07, 6.45) is 2.90. The molecule has 19 heavy (non-hydrogen) atoms. The minimum atomic E-state index is 0.00570. The van der Waals surface area contributed by atoms with Gasteiger partial charge in [-0.25, -0.2) is 0 Å². The summed E-state index contributed by atoms with van der Waals surface area (Å²) in [6, 6.07) is 10.2. The second-order valence-electron chi connectivity index (χ2n) is 4.33. The van der Waals surface area contributed by atoms with E-state index in [0.29, 0.717) is 0 Å². The van der Waals surface area contributed by atoms with Crippen molar-refractivity contribution >= 4 is 27.7 Å². The quantitative estimate of drug-likeness (QED) is 0.813. The van der Waals surface area contributed by atoms with E-state index in [1.54, 1.807) is 11.8 Å². The fraction of sp³-hybridized carbons (Fsp3) is 0.357. The first-order chi connectivity index (χ1) is 9.22. The highest BCUT2D eigenvalue weighted by molar-refractivity contribution is 9.10. The van der Waals surface area contributed by atoms with E-state index in [1.165, 1.54) is 4.90 Å². The summed E-state index contributed by atoms with van der Waals surface area (Å²) >= 11 is 5.32. The molecule has 0 radical (unpaired) electrons. The molecule has 0 bridgehead atoms. The number of rotatable bonds is 6. The van der Waals surface area contributed by atoms with Crippen LogP contribution >= 0.6 is 27.7 Å². The number of hydrogen-bond acceptors (Lipinski definition) is 3. The summed E-state index contributed by atoms with van der Waals surface area (Å²) in [5, 5.41) is 4.32. The molecule has 1 unspecified atom stereocenters. The Balaban J connectivity index is 1.99. The fourth-order valence-corrected chi connectivity index (χ4v) is 3.42. The van der Waals surface area contributed by atoms with Gasteiger partial charge in [0, 0.05) is 27.9 Å². The number of halogens is 1. The van der Waals surface area contributed by atoms with Crippen LogP contribution in [0.5, 0.6) is 0 Å². The molecule has 5 heteroatoms. The lowest BCUT2D eigenvalue weighted by atomic mass is 10.2. The smallest absolute Gasteiger partial charge is 0.0562 e. The predicted octanol–water partition coefficient (Wildman–Crippen LogP) is 3.85. The zero-order valence-corrected chi connectivity index (χ0v) is 13.3. The molecule has 1 aromatic carbocycles. The van der Waals surface area contributed by atoms with Gasteiger partial charge in [-0.3, -0.25) is 4.68 Å². The molecule has 0 aliphatic rings. The van der Waals surface area contributed by atoms with Crippen LogP contribution in [0, 0.1) is 0 Å². The maximum Gasteiger partial charge on any atom is 0.0562 e. The fourth-order valence-electron chi connectivity index (χ4n) is 1.88. The minimum Gasteiger partial charge on any atom is -0.322 e. The molecule has 102 valence electrons. The Morgan fingerprint density at radius 1 is 1.37 bits per heavy atom. The van der Waals surface area contributed by atoms with Crippen molar-refractivity contribution in [2.24, 2.45) is 5.73 Å². The van der Waals surface area contributed by atoms with Crippen LogP contribution in [-0.4, -0.2) is 15.5 Å². The summed E-state index contributed by atoms with van der Waals surface area (Å²) < 4.78 is 3.12. The van der Waals surface area contributed by atoms with E-state index in [9.17, 15) is 0 Å². The molecule has 2 aromatic rings. The maximum atomic E-state index is 6.27. The van der Waals surface area contributed by atoms with Gasteiger partial charge in [0.05, 0.1) is 11.7 Å². The highest BCUT2D eigenvalue weighted by Crippen LogP contribution is 2.29. The van der Waals surface area contributed by atoms with Crippen molar-refractivity contribution in [2.75, 3.05) is 5.75 Å². The first-order valence-corrected chi connectivity index (χ1v) is 8.15. The van der Waals surface area contributed by atoms with Gasteiger partial charge in [-0.2, -0.15) is 5.10 Å². The van der Waals surface area contributed by atoms with Crippen LogP contribution in [0.4, 0.5) is 0 Å². The summed E-state index contributed by atoms with van der Waals surface area (Å²) in [4.78, 5) is 1.22. The van der Waals surface area contributed by atoms with Gasteiger partial charge in [-0.15, -0.1) is 11.8 Å². The highest BCUT2D eigenvalue weighted by Gasteiger charge is 2.12. The Bertz CT molecular complexity index is 527. The van der Waals surface area contributed by atoms with Crippen LogP contribution in [0.1, 0.15) is 25.1 Å². The lowest BCUT2D eigenvalue weighted by molar-refractivity contribution is 0.554. The van der Waals surface area contributed by atoms with Gasteiger partial charge in [0.15, 0.2) is 0 Å². The minimum absolute atomic E-state index is 0.00570. The van der Waals surface area contributed by atoms with E-state index in [0.717, 1.165) is 28.9 Å². The van der Waals surface area contributed by atoms with Crippen molar-refractivity contribution in [1.82, 2.24) is 9.78 Å². The molecule has 0 saturated heterocycles. The average molecular weight is 340 g/mol. The van der Waals surface area contributed by atoms with Crippen molar-refractivity contribution in [1.29, 1.82) is 0 Å². The molecule has 2 rings (SSSR count). The Kier molecular flexibility index (Phi) is 5.48. The molecule has 0 spiro atoms. The zero-order chi connectivity index (χ0) is 13.7. The van der Waals surface area contributed by atoms with Crippen molar-refractivity contribution in [3.05, 3.63) is 46.7 Å². The summed E-state index contributed by atoms with van der Waals surface area (Å²) in [5.41, 5.74) is 7.38. The lowest BCUT2D eigenvalue weighted by Crippen LogP contribution is -2.18. The van der Waals surface area contributed by atoms with Crippen LogP contribution in [0.2, 0.25) is 0 Å². The number of thioether (sulfide) groups is 1. The molecule has 1 aromatic heterocycles. The van der Waals surface area contributed by atoms with Gasteiger partial charge >= 0.3 is 0 Å². The summed E-state index contributed by atoms with van der Waals surface area (Å²) in [5.74, 6) is 0.845. The molecule has 1 atom stereocenters. The molecular weight excluding hydrogens is 322 g/mol. The first-order valence-electron chi connectivity index (χ1n) is 6.37. The average Bonchev–Trinajstić information content (AvgIpc) is 2.86. The second kappa shape index (κ2) is 7.12. The third-order valence-corrected chi connectivity index (χ3v) is 4.97. The van der Waals surface area contributed by atoms with Crippen LogP contribution in [0.15, 0.2) is 45.9 Å². The van der Waals surface area contributed by atoms with Gasteiger partial charge in [0.2, 0.25) is 0 Å². The second-order valence-corrected chi connectivity index (χ2v) is 6.24. The lowest BCUT2D eigenvalue weighted by Gasteiger charge is -2.14. The Morgan fingerprint density at radius 2 is 2.16 bits per heavy atom. The molecule has 2 N–H and O–H groups in total. The first kappa shape index (κ1) is 14.6. The SMILES string of the molecule is CCCn1nccc1C(N)CSc1ccccc1Br. The molecule has 1 heterocycles. The van der Waals surface area contributed by atoms with Gasteiger partial charge in [-0.05, 0) is 40.5 Å². The molecule has 3 nitrogen and oxygen atoms in total. The molecule has 0 fully saturated rings. The van der Waals surface area contributed by atoms with Gasteiger partial charge < -0.3 is 5.73 Å². The van der Waals surface area contributed by atoms with Crippen molar-refractivity contribution in [2.45, 2.75) is 30.8 Å². The molecule has 0 amide bonds. The van der Waals surface area contributed by atoms with E-state index in [4.69, 9.17) is 5.73 Å². The molecule has 0 aliphatic carbocycles. The van der Waals surface area contributed by atoms with Gasteiger partial charge in [0.1, 0.15) is 0 Å². The van der Waals surface area contributed by atoms with Crippen LogP contribution < -0.4 is 5.73 Å². The monoisotopic (exact) mass is 339 g/mol. The standard InChI is InChI=1S/C14H18BrN3S/c1-2-9-18-13(7-8-17-18)12(16)10-19-14-6-4-3-5-11(14)15/h3-8,12H,2,9-10,16H2,1H3. The number of nitrogens with zero attached hydrogens (tertiary/aromatic N) is 2. The number of nitrogens with two attached hydrogens (primary N) is 1.